The van der Waals surface area contributed by atoms with E-state index in [1.165, 1.54) is 6.33 Å². The largest absolute Gasteiger partial charge is 0.532 e. The van der Waals surface area contributed by atoms with Crippen LogP contribution in [-0.4, -0.2) is 40.1 Å². The van der Waals surface area contributed by atoms with Crippen LogP contribution in [0.15, 0.2) is 128 Å². The fourth-order valence-corrected chi connectivity index (χ4v) is 8.18. The molecule has 0 atom stereocenters. The summed E-state index contributed by atoms with van der Waals surface area (Å²) < 4.78 is 0. The monoisotopic (exact) mass is 906 g/mol. The van der Waals surface area contributed by atoms with Gasteiger partial charge in [0.1, 0.15) is 18.4 Å². The maximum absolute atomic E-state index is 12.3. The molecule has 0 fully saturated rings. The summed E-state index contributed by atoms with van der Waals surface area (Å²) in [5.74, 6) is 0.178. The van der Waals surface area contributed by atoms with Crippen molar-refractivity contribution in [2.75, 3.05) is 0 Å². The van der Waals surface area contributed by atoms with Crippen molar-refractivity contribution < 1.29 is 59.6 Å². The second-order valence-corrected chi connectivity index (χ2v) is 14.7. The first kappa shape index (κ1) is 38.8. The molecule has 8 nitrogen and oxygen atoms in total. The van der Waals surface area contributed by atoms with Gasteiger partial charge in [0.15, 0.2) is 0 Å². The molecule has 1 aliphatic rings. The Labute approximate surface area is 382 Å². The Kier molecular flexibility index (Phi) is 10.8. The topological polar surface area (TPSA) is 118 Å². The summed E-state index contributed by atoms with van der Waals surface area (Å²) in [5, 5.41) is 27.9. The van der Waals surface area contributed by atoms with Gasteiger partial charge in [0, 0.05) is 94.0 Å². The molecule has 59 heavy (non-hydrogen) atoms. The molecule has 4 heterocycles. The van der Waals surface area contributed by atoms with Crippen LogP contribution in [0.25, 0.3) is 95.1 Å². The van der Waals surface area contributed by atoms with Crippen LogP contribution in [0, 0.1) is 55.4 Å². The molecular formula is C50H37EuN6O2-. The first-order valence-electron chi connectivity index (χ1n) is 19.7. The van der Waals surface area contributed by atoms with Crippen LogP contribution in [0.5, 0.6) is 11.5 Å². The van der Waals surface area contributed by atoms with Gasteiger partial charge >= 0.3 is 0 Å². The second-order valence-electron chi connectivity index (χ2n) is 14.7. The molecule has 0 saturated carbocycles. The number of unbranched alkanes of at least 4 members (excludes halogenated alkanes) is 1. The molecule has 10 rings (SSSR count). The van der Waals surface area contributed by atoms with Gasteiger partial charge in [-0.1, -0.05) is 97.3 Å². The van der Waals surface area contributed by atoms with Crippen molar-refractivity contribution in [2.45, 2.75) is 39.0 Å². The normalized spacial score (nSPS) is 12.2. The molecule has 0 amide bonds. The number of para-hydroxylation sites is 2. The summed E-state index contributed by atoms with van der Waals surface area (Å²) in [6.07, 6.45) is 12.0. The standard InChI is InChI=1S/C50H37N6O2.Eu/c1-2-3-13-30-24-39(46-36-19-9-11-23-42(36)52-29-54-46)50(58)40(25-30)48-34-17-7-5-15-32(34)27-44(56-48)43-26-31-14-4-6-16-33(31)47(55-43)38-21-12-20-37(49(38)57)45-35-18-8-10-22-41(35)51-28-53-45;/h4,6-11,14,16-29,57-58H,2-3,5,13,15H2,1H3;/q-1;. The zero-order chi connectivity index (χ0) is 39.2. The molecule has 0 unspecified atom stereocenters. The summed E-state index contributed by atoms with van der Waals surface area (Å²) in [6, 6.07) is 38.8. The SMILES string of the molecule is CCCCc1cc(-c2nc(-c3cc4ccccc4c(-c4c[c-]cc(-c5ncnc6ccccc56)c4O)n3)cc3c2C=CCC3)c(O)c(-c2ncnc3ccccc23)c1.[Eu]. The number of fused-ring (bicyclic) bond motifs is 4. The Morgan fingerprint density at radius 1 is 0.610 bits per heavy atom. The number of hydrogen-bond donors (Lipinski definition) is 2. The quantitative estimate of drug-likeness (QED) is 0.145. The van der Waals surface area contributed by atoms with Gasteiger partial charge in [0.25, 0.3) is 0 Å². The third-order valence-electron chi connectivity index (χ3n) is 11.1. The van der Waals surface area contributed by atoms with E-state index in [9.17, 15) is 10.2 Å². The van der Waals surface area contributed by atoms with Gasteiger partial charge in [0.05, 0.1) is 33.8 Å². The van der Waals surface area contributed by atoms with Gasteiger partial charge < -0.3 is 10.2 Å². The average molecular weight is 906 g/mol. The summed E-state index contributed by atoms with van der Waals surface area (Å²) in [4.78, 5) is 28.9. The molecule has 0 bridgehead atoms. The third kappa shape index (κ3) is 7.11. The van der Waals surface area contributed by atoms with Gasteiger partial charge in [-0.05, 0) is 84.0 Å². The number of rotatable bonds is 8. The van der Waals surface area contributed by atoms with Crippen molar-refractivity contribution in [3.05, 3.63) is 151 Å². The number of hydrogen-bond acceptors (Lipinski definition) is 8. The third-order valence-corrected chi connectivity index (χ3v) is 11.1. The van der Waals surface area contributed by atoms with Gasteiger partial charge in [-0.25, -0.2) is 24.9 Å². The minimum absolute atomic E-state index is 0. The van der Waals surface area contributed by atoms with Crippen LogP contribution >= 0.6 is 0 Å². The minimum atomic E-state index is 0. The van der Waals surface area contributed by atoms with Crippen LogP contribution in [-0.2, 0) is 12.8 Å². The number of phenolic OH excluding ortho intramolecular Hbond substituents is 2. The van der Waals surface area contributed by atoms with E-state index in [0.29, 0.717) is 56.4 Å². The van der Waals surface area contributed by atoms with Gasteiger partial charge in [-0.2, -0.15) is 18.2 Å². The zero-order valence-electron chi connectivity index (χ0n) is 32.2. The number of benzene rings is 5. The maximum Gasteiger partial charge on any atom is 0.134 e. The molecule has 0 aliphatic heterocycles. The Morgan fingerprint density at radius 3 is 1.90 bits per heavy atom. The van der Waals surface area contributed by atoms with Crippen molar-refractivity contribution in [2.24, 2.45) is 0 Å². The first-order chi connectivity index (χ1) is 28.6. The summed E-state index contributed by atoms with van der Waals surface area (Å²) in [5.41, 5.74) is 11.1. The predicted molar refractivity (Wildman–Crippen MR) is 231 cm³/mol. The molecule has 4 aromatic heterocycles. The molecular weight excluding hydrogens is 869 g/mol. The summed E-state index contributed by atoms with van der Waals surface area (Å²) >= 11 is 0. The molecule has 2 N–H and O–H groups in total. The molecule has 9 aromatic rings. The number of aromatic nitrogens is 6. The number of aryl methyl sites for hydroxylation is 2. The molecule has 0 spiro atoms. The van der Waals surface area contributed by atoms with Crippen LogP contribution in [0.3, 0.4) is 0 Å². The number of pyridine rings is 2. The Bertz CT molecular complexity index is 3100. The van der Waals surface area contributed by atoms with Crippen LogP contribution < -0.4 is 0 Å². The van der Waals surface area contributed by atoms with E-state index in [4.69, 9.17) is 15.0 Å². The van der Waals surface area contributed by atoms with Crippen LogP contribution in [0.4, 0.5) is 0 Å². The van der Waals surface area contributed by atoms with E-state index in [-0.39, 0.29) is 60.9 Å². The van der Waals surface area contributed by atoms with E-state index in [2.05, 4.69) is 70.4 Å². The van der Waals surface area contributed by atoms with Crippen molar-refractivity contribution in [3.8, 4) is 67.9 Å². The van der Waals surface area contributed by atoms with Gasteiger partial charge in [-0.15, -0.1) is 0 Å². The molecule has 287 valence electrons. The number of allylic oxidation sites excluding steroid dienone is 1. The van der Waals surface area contributed by atoms with Crippen LogP contribution in [0.2, 0.25) is 0 Å². The van der Waals surface area contributed by atoms with Gasteiger partial charge in [0.2, 0.25) is 0 Å². The van der Waals surface area contributed by atoms with E-state index >= 15 is 0 Å². The Balaban J connectivity index is 0.00000449. The van der Waals surface area contributed by atoms with Crippen molar-refractivity contribution in [3.63, 3.8) is 0 Å². The van der Waals surface area contributed by atoms with Crippen molar-refractivity contribution in [1.29, 1.82) is 0 Å². The smallest absolute Gasteiger partial charge is 0.134 e. The second kappa shape index (κ2) is 16.5. The fraction of sp³-hybridized carbons (Fsp3) is 0.120. The van der Waals surface area contributed by atoms with Gasteiger partial charge in [-0.3, -0.25) is 4.98 Å². The molecule has 5 aromatic carbocycles. The maximum atomic E-state index is 12.3. The van der Waals surface area contributed by atoms with E-state index in [1.807, 2.05) is 66.7 Å². The number of aromatic hydroxyl groups is 2. The predicted octanol–water partition coefficient (Wildman–Crippen LogP) is 11.4. The zero-order valence-corrected chi connectivity index (χ0v) is 34.6. The van der Waals surface area contributed by atoms with E-state index < -0.39 is 0 Å². The fourth-order valence-electron chi connectivity index (χ4n) is 8.18. The Hall–Kier alpha value is -5.74. The molecule has 0 saturated heterocycles. The summed E-state index contributed by atoms with van der Waals surface area (Å²) in [7, 11) is 0. The number of nitrogens with zero attached hydrogens (tertiary/aromatic N) is 6. The minimum Gasteiger partial charge on any atom is -0.532 e. The molecule has 1 aliphatic carbocycles. The first-order valence-corrected chi connectivity index (χ1v) is 19.7. The van der Waals surface area contributed by atoms with Crippen molar-refractivity contribution in [1.82, 2.24) is 29.9 Å². The van der Waals surface area contributed by atoms with Crippen LogP contribution in [0.1, 0.15) is 42.9 Å². The van der Waals surface area contributed by atoms with Crippen molar-refractivity contribution >= 4 is 38.7 Å². The number of phenols is 2. The molecule has 9 heteroatoms. The van der Waals surface area contributed by atoms with E-state index in [0.717, 1.165) is 81.4 Å². The Morgan fingerprint density at radius 2 is 1.19 bits per heavy atom. The average Bonchev–Trinajstić information content (AvgIpc) is 3.28. The molecule has 1 radical (unpaired) electrons. The summed E-state index contributed by atoms with van der Waals surface area (Å²) in [6.45, 7) is 2.18. The van der Waals surface area contributed by atoms with E-state index in [1.54, 1.807) is 18.5 Å².